The summed E-state index contributed by atoms with van der Waals surface area (Å²) in [7, 11) is 0. The molecule has 0 amide bonds. The minimum Gasteiger partial charge on any atom is -0.493 e. The first-order valence-corrected chi connectivity index (χ1v) is 7.52. The van der Waals surface area contributed by atoms with E-state index < -0.39 is 0 Å². The van der Waals surface area contributed by atoms with Gasteiger partial charge in [0.1, 0.15) is 11.5 Å². The van der Waals surface area contributed by atoms with Gasteiger partial charge >= 0.3 is 0 Å². The number of hydrogen-bond acceptors (Lipinski definition) is 3. The Labute approximate surface area is 125 Å². The summed E-state index contributed by atoms with van der Waals surface area (Å²) in [5.41, 5.74) is 10.5. The third kappa shape index (κ3) is 3.13. The van der Waals surface area contributed by atoms with Crippen LogP contribution in [0.3, 0.4) is 0 Å². The molecular formula is C18H21NO2. The third-order valence-corrected chi connectivity index (χ3v) is 3.88. The molecule has 1 aliphatic rings. The van der Waals surface area contributed by atoms with Crippen LogP contribution >= 0.6 is 0 Å². The van der Waals surface area contributed by atoms with E-state index in [0.717, 1.165) is 43.1 Å². The highest BCUT2D eigenvalue weighted by Crippen LogP contribution is 2.26. The summed E-state index contributed by atoms with van der Waals surface area (Å²) < 4.78 is 11.3. The topological polar surface area (TPSA) is 44.5 Å². The molecule has 0 bridgehead atoms. The lowest BCUT2D eigenvalue weighted by Crippen LogP contribution is -2.04. The van der Waals surface area contributed by atoms with Gasteiger partial charge < -0.3 is 15.2 Å². The summed E-state index contributed by atoms with van der Waals surface area (Å²) in [6.07, 6.45) is 2.87. The van der Waals surface area contributed by atoms with Crippen LogP contribution in [0, 0.1) is 0 Å². The molecule has 0 saturated carbocycles. The van der Waals surface area contributed by atoms with Gasteiger partial charge in [-0.2, -0.15) is 0 Å². The fraction of sp³-hybridized carbons (Fsp3) is 0.333. The van der Waals surface area contributed by atoms with Gasteiger partial charge in [-0.25, -0.2) is 0 Å². The molecule has 0 aromatic heterocycles. The molecule has 0 radical (unpaired) electrons. The summed E-state index contributed by atoms with van der Waals surface area (Å²) >= 11 is 0. The van der Waals surface area contributed by atoms with Crippen molar-refractivity contribution in [3.8, 4) is 11.5 Å². The maximum absolute atomic E-state index is 6.01. The molecule has 2 N–H and O–H groups in total. The lowest BCUT2D eigenvalue weighted by atomic mass is 10.1. The van der Waals surface area contributed by atoms with E-state index in [2.05, 4.69) is 31.2 Å². The van der Waals surface area contributed by atoms with Crippen LogP contribution in [0.4, 0.5) is 5.69 Å². The molecule has 21 heavy (non-hydrogen) atoms. The van der Waals surface area contributed by atoms with Crippen LogP contribution in [-0.4, -0.2) is 13.2 Å². The van der Waals surface area contributed by atoms with Crippen molar-refractivity contribution in [2.75, 3.05) is 18.9 Å². The van der Waals surface area contributed by atoms with Crippen LogP contribution in [-0.2, 0) is 19.3 Å². The average Bonchev–Trinajstić information content (AvgIpc) is 2.96. The molecule has 3 rings (SSSR count). The van der Waals surface area contributed by atoms with E-state index in [0.29, 0.717) is 6.61 Å². The Morgan fingerprint density at radius 1 is 1.14 bits per heavy atom. The van der Waals surface area contributed by atoms with Gasteiger partial charge in [0.25, 0.3) is 0 Å². The highest BCUT2D eigenvalue weighted by Gasteiger charge is 2.11. The van der Waals surface area contributed by atoms with E-state index in [-0.39, 0.29) is 0 Å². The van der Waals surface area contributed by atoms with Gasteiger partial charge in [-0.3, -0.25) is 0 Å². The monoisotopic (exact) mass is 283 g/mol. The van der Waals surface area contributed by atoms with E-state index in [1.807, 2.05) is 12.1 Å². The van der Waals surface area contributed by atoms with Gasteiger partial charge in [0.05, 0.1) is 18.9 Å². The minimum atomic E-state index is 0.634. The highest BCUT2D eigenvalue weighted by molar-refractivity contribution is 5.54. The van der Waals surface area contributed by atoms with E-state index in [1.165, 1.54) is 16.7 Å². The average molecular weight is 283 g/mol. The van der Waals surface area contributed by atoms with Crippen molar-refractivity contribution in [3.63, 3.8) is 0 Å². The van der Waals surface area contributed by atoms with Crippen LogP contribution in [0.1, 0.15) is 23.6 Å². The quantitative estimate of drug-likeness (QED) is 0.855. The lowest BCUT2D eigenvalue weighted by Gasteiger charge is -2.10. The molecule has 1 aliphatic heterocycles. The number of rotatable bonds is 5. The molecule has 2 aromatic carbocycles. The van der Waals surface area contributed by atoms with E-state index in [9.17, 15) is 0 Å². The molecule has 0 aliphatic carbocycles. The van der Waals surface area contributed by atoms with Crippen molar-refractivity contribution in [3.05, 3.63) is 53.1 Å². The zero-order chi connectivity index (χ0) is 14.7. The molecule has 0 unspecified atom stereocenters. The van der Waals surface area contributed by atoms with E-state index in [4.69, 9.17) is 15.2 Å². The summed E-state index contributed by atoms with van der Waals surface area (Å²) in [4.78, 5) is 0. The molecule has 0 saturated heterocycles. The largest absolute Gasteiger partial charge is 0.493 e. The number of nitrogens with two attached hydrogens (primary N) is 1. The molecule has 2 aromatic rings. The van der Waals surface area contributed by atoms with Gasteiger partial charge in [0, 0.05) is 12.8 Å². The maximum Gasteiger partial charge on any atom is 0.142 e. The van der Waals surface area contributed by atoms with E-state index >= 15 is 0 Å². The standard InChI is InChI=1S/C18H21NO2/c1-2-13-3-6-18(16(19)12-13)21-9-7-14-4-5-17-15(11-14)8-10-20-17/h3-6,11-12H,2,7-10,19H2,1H3. The molecular weight excluding hydrogens is 262 g/mol. The highest BCUT2D eigenvalue weighted by atomic mass is 16.5. The smallest absolute Gasteiger partial charge is 0.142 e. The van der Waals surface area contributed by atoms with Crippen molar-refractivity contribution in [2.45, 2.75) is 26.2 Å². The Hall–Kier alpha value is -2.16. The molecule has 0 atom stereocenters. The fourth-order valence-electron chi connectivity index (χ4n) is 2.62. The molecule has 0 spiro atoms. The molecule has 1 heterocycles. The Kier molecular flexibility index (Phi) is 4.00. The summed E-state index contributed by atoms with van der Waals surface area (Å²) in [6, 6.07) is 12.4. The number of aryl methyl sites for hydroxylation is 1. The van der Waals surface area contributed by atoms with Crippen molar-refractivity contribution >= 4 is 5.69 Å². The summed E-state index contributed by atoms with van der Waals surface area (Å²) in [6.45, 7) is 3.55. The number of fused-ring (bicyclic) bond motifs is 1. The third-order valence-electron chi connectivity index (χ3n) is 3.88. The first-order chi connectivity index (χ1) is 10.3. The zero-order valence-electron chi connectivity index (χ0n) is 12.4. The molecule has 0 fully saturated rings. The molecule has 110 valence electrons. The first kappa shape index (κ1) is 13.8. The van der Waals surface area contributed by atoms with Gasteiger partial charge in [-0.05, 0) is 41.3 Å². The lowest BCUT2D eigenvalue weighted by molar-refractivity contribution is 0.323. The number of ether oxygens (including phenoxy) is 2. The number of benzene rings is 2. The van der Waals surface area contributed by atoms with Crippen LogP contribution in [0.15, 0.2) is 36.4 Å². The van der Waals surface area contributed by atoms with Crippen LogP contribution in [0.25, 0.3) is 0 Å². The second-order valence-corrected chi connectivity index (χ2v) is 5.36. The van der Waals surface area contributed by atoms with Crippen LogP contribution < -0.4 is 15.2 Å². The van der Waals surface area contributed by atoms with Gasteiger partial charge in [0.15, 0.2) is 0 Å². The van der Waals surface area contributed by atoms with E-state index in [1.54, 1.807) is 0 Å². The fourth-order valence-corrected chi connectivity index (χ4v) is 2.62. The molecule has 3 nitrogen and oxygen atoms in total. The van der Waals surface area contributed by atoms with Crippen molar-refractivity contribution in [1.29, 1.82) is 0 Å². The Morgan fingerprint density at radius 2 is 2.00 bits per heavy atom. The minimum absolute atomic E-state index is 0.634. The molecule has 3 heteroatoms. The van der Waals surface area contributed by atoms with Gasteiger partial charge in [-0.15, -0.1) is 0 Å². The number of nitrogen functional groups attached to an aromatic ring is 1. The van der Waals surface area contributed by atoms with Gasteiger partial charge in [0.2, 0.25) is 0 Å². The Balaban J connectivity index is 1.58. The second-order valence-electron chi connectivity index (χ2n) is 5.36. The normalized spacial score (nSPS) is 12.8. The SMILES string of the molecule is CCc1ccc(OCCc2ccc3c(c2)CCO3)c(N)c1. The Morgan fingerprint density at radius 3 is 2.81 bits per heavy atom. The predicted molar refractivity (Wildman–Crippen MR) is 85.1 cm³/mol. The number of hydrogen-bond donors (Lipinski definition) is 1. The van der Waals surface area contributed by atoms with Crippen molar-refractivity contribution in [2.24, 2.45) is 0 Å². The summed E-state index contributed by atoms with van der Waals surface area (Å²) in [5.74, 6) is 1.80. The van der Waals surface area contributed by atoms with Gasteiger partial charge in [-0.1, -0.05) is 25.1 Å². The number of anilines is 1. The van der Waals surface area contributed by atoms with Crippen LogP contribution in [0.2, 0.25) is 0 Å². The van der Waals surface area contributed by atoms with Crippen molar-refractivity contribution in [1.82, 2.24) is 0 Å². The maximum atomic E-state index is 6.01. The second kappa shape index (κ2) is 6.08. The van der Waals surface area contributed by atoms with Crippen molar-refractivity contribution < 1.29 is 9.47 Å². The summed E-state index contributed by atoms with van der Waals surface area (Å²) in [5, 5.41) is 0. The van der Waals surface area contributed by atoms with Crippen LogP contribution in [0.5, 0.6) is 11.5 Å². The predicted octanol–water partition coefficient (Wildman–Crippen LogP) is 3.39. The first-order valence-electron chi connectivity index (χ1n) is 7.52. The Bertz CT molecular complexity index is 637. The zero-order valence-corrected chi connectivity index (χ0v) is 12.4.